The van der Waals surface area contributed by atoms with E-state index >= 15 is 0 Å². The van der Waals surface area contributed by atoms with Gasteiger partial charge in [0.25, 0.3) is 0 Å². The van der Waals surface area contributed by atoms with E-state index < -0.39 is 47.7 Å². The minimum Gasteiger partial charge on any atom is -0.544 e. The number of thioether (sulfide) groups is 1. The first-order chi connectivity index (χ1) is 16.7. The van der Waals surface area contributed by atoms with Crippen LogP contribution in [0.4, 0.5) is 0 Å². The van der Waals surface area contributed by atoms with Gasteiger partial charge in [-0.15, -0.1) is 11.8 Å². The molecule has 2 aliphatic heterocycles. The number of carbonyl (C=O) groups excluding carboxylic acids is 3. The highest BCUT2D eigenvalue weighted by atomic mass is 32.2. The Balaban J connectivity index is 1.78. The molecule has 2 heterocycles. The summed E-state index contributed by atoms with van der Waals surface area (Å²) in [5, 5.41) is 2.70. The molecule has 8 nitrogen and oxygen atoms in total. The fraction of sp³-hybridized carbons (Fsp3) is 0.640. The maximum atomic E-state index is 13.6. The number of hydrogen-bond donors (Lipinski definition) is 2. The van der Waals surface area contributed by atoms with Gasteiger partial charge in [-0.25, -0.2) is 0 Å². The lowest BCUT2D eigenvalue weighted by atomic mass is 9.95. The minimum absolute atomic E-state index is 0.236. The summed E-state index contributed by atoms with van der Waals surface area (Å²) in [7, 11) is -5.73. The maximum Gasteiger partial charge on any atom is 0.317 e. The second kappa shape index (κ2) is 10.2. The van der Waals surface area contributed by atoms with Crippen LogP contribution >= 0.6 is 11.8 Å². The molecular weight excluding hydrogens is 539 g/mol. The van der Waals surface area contributed by atoms with Crippen molar-refractivity contribution in [3.8, 4) is 5.75 Å². The van der Waals surface area contributed by atoms with Crippen LogP contribution in [0.15, 0.2) is 24.3 Å². The Morgan fingerprint density at radius 3 is 2.03 bits per heavy atom. The van der Waals surface area contributed by atoms with Crippen LogP contribution < -0.4 is 14.7 Å². The van der Waals surface area contributed by atoms with Gasteiger partial charge in [0, 0.05) is 4.75 Å². The summed E-state index contributed by atoms with van der Waals surface area (Å²) in [6, 6.07) is 5.70. The number of nitrogens with zero attached hydrogens (tertiary/aromatic N) is 1. The minimum atomic E-state index is -2.11. The topological polar surface area (TPSA) is 97.0 Å². The van der Waals surface area contributed by atoms with Crippen molar-refractivity contribution in [2.45, 2.75) is 101 Å². The summed E-state index contributed by atoms with van der Waals surface area (Å²) >= 11 is 1.54. The van der Waals surface area contributed by atoms with E-state index in [9.17, 15) is 14.4 Å². The van der Waals surface area contributed by atoms with E-state index in [2.05, 4.69) is 49.6 Å². The van der Waals surface area contributed by atoms with Crippen molar-refractivity contribution < 1.29 is 23.2 Å². The van der Waals surface area contributed by atoms with Gasteiger partial charge < -0.3 is 24.1 Å². The van der Waals surface area contributed by atoms with Crippen molar-refractivity contribution in [1.82, 2.24) is 15.2 Å². The zero-order valence-corrected chi connectivity index (χ0v) is 27.8. The molecule has 2 amide bonds. The molecule has 2 fully saturated rings. The predicted octanol–water partition coefficient (Wildman–Crippen LogP) is 4.29. The highest BCUT2D eigenvalue weighted by Gasteiger charge is 2.64. The number of benzene rings is 1. The van der Waals surface area contributed by atoms with E-state index in [0.29, 0.717) is 0 Å². The van der Waals surface area contributed by atoms with Gasteiger partial charge in [0.15, 0.2) is 0 Å². The Labute approximate surface area is 229 Å². The molecule has 0 aliphatic carbocycles. The smallest absolute Gasteiger partial charge is 0.317 e. The summed E-state index contributed by atoms with van der Waals surface area (Å²) in [4.78, 5) is 45.0. The van der Waals surface area contributed by atoms with Crippen LogP contribution in [-0.2, 0) is 18.8 Å². The maximum absolute atomic E-state index is 13.6. The summed E-state index contributed by atoms with van der Waals surface area (Å²) in [6.07, 6.45) is 0. The average Bonchev–Trinajstić information content (AvgIpc) is 2.95. The van der Waals surface area contributed by atoms with E-state index in [4.69, 9.17) is 8.85 Å². The average molecular weight is 582 g/mol. The van der Waals surface area contributed by atoms with E-state index in [-0.39, 0.29) is 23.2 Å². The van der Waals surface area contributed by atoms with Crippen LogP contribution in [0.25, 0.3) is 0 Å². The number of hydrogen-bond acceptors (Lipinski definition) is 7. The van der Waals surface area contributed by atoms with Gasteiger partial charge in [-0.3, -0.25) is 14.4 Å². The van der Waals surface area contributed by atoms with Gasteiger partial charge >= 0.3 is 5.97 Å². The third kappa shape index (κ3) is 7.28. The predicted molar refractivity (Wildman–Crippen MR) is 157 cm³/mol. The van der Waals surface area contributed by atoms with Crippen molar-refractivity contribution >= 4 is 54.4 Å². The monoisotopic (exact) mass is 581 g/mol. The summed E-state index contributed by atoms with van der Waals surface area (Å²) < 4.78 is 11.3. The first-order valence-electron chi connectivity index (χ1n) is 12.8. The van der Waals surface area contributed by atoms with Crippen molar-refractivity contribution in [2.24, 2.45) is 0 Å². The molecule has 0 bridgehead atoms. The molecule has 0 spiro atoms. The van der Waals surface area contributed by atoms with Gasteiger partial charge in [-0.2, -0.15) is 0 Å². The molecule has 206 valence electrons. The second-order valence-electron chi connectivity index (χ2n) is 13.4. The van der Waals surface area contributed by atoms with E-state index in [0.717, 1.165) is 11.3 Å². The Morgan fingerprint density at radius 1 is 0.973 bits per heavy atom. The molecule has 4 unspecified atom stereocenters. The van der Waals surface area contributed by atoms with E-state index in [1.165, 1.54) is 0 Å². The molecule has 2 saturated heterocycles. The largest absolute Gasteiger partial charge is 0.544 e. The van der Waals surface area contributed by atoms with Crippen LogP contribution in [0.3, 0.4) is 0 Å². The molecule has 1 aromatic carbocycles. The molecule has 1 aromatic rings. The molecular formula is C25H43N3O5SSi3. The lowest BCUT2D eigenvalue weighted by molar-refractivity contribution is -0.160. The number of nitrogens with one attached hydrogen (secondary N) is 2. The molecule has 4 atom stereocenters. The normalized spacial score (nSPS) is 24.1. The lowest BCUT2D eigenvalue weighted by Crippen LogP contribution is -2.71. The van der Waals surface area contributed by atoms with Crippen molar-refractivity contribution in [3.63, 3.8) is 0 Å². The van der Waals surface area contributed by atoms with Gasteiger partial charge in [-0.1, -0.05) is 31.8 Å². The number of fused-ring (bicyclic) bond motifs is 1. The molecule has 0 saturated carbocycles. The first kappa shape index (κ1) is 29.9. The zero-order valence-electron chi connectivity index (χ0n) is 24.0. The third-order valence-corrected chi connectivity index (χ3v) is 10.2. The van der Waals surface area contributed by atoms with Gasteiger partial charge in [-0.05, 0) is 70.8 Å². The van der Waals surface area contributed by atoms with E-state index in [1.807, 2.05) is 57.8 Å². The fourth-order valence-electron chi connectivity index (χ4n) is 4.54. The SMILES string of the molecule is CC1(C)SC2C(NC(=O)C(N[Si](C)(C)C)c3ccc(O[Si](C)(C)C)cc3)C(=O)N2C1C(=O)O[Si](C)(C)C. The van der Waals surface area contributed by atoms with Crippen molar-refractivity contribution in [1.29, 1.82) is 0 Å². The summed E-state index contributed by atoms with van der Waals surface area (Å²) in [5.41, 5.74) is 0.822. The fourth-order valence-corrected chi connectivity index (χ4v) is 8.88. The van der Waals surface area contributed by atoms with Gasteiger partial charge in [0.05, 0.1) is 0 Å². The third-order valence-electron chi connectivity index (χ3n) is 5.85. The molecule has 2 N–H and O–H groups in total. The zero-order chi connectivity index (χ0) is 28.1. The quantitative estimate of drug-likeness (QED) is 0.332. The number of β-lactam (4-membered cyclic amide) rings is 1. The summed E-state index contributed by atoms with van der Waals surface area (Å²) in [5.74, 6) is -0.0395. The lowest BCUT2D eigenvalue weighted by Gasteiger charge is -2.44. The number of carbonyl (C=O) groups is 3. The highest BCUT2D eigenvalue weighted by molar-refractivity contribution is 8.01. The number of amides is 2. The van der Waals surface area contributed by atoms with E-state index in [1.54, 1.807) is 16.7 Å². The van der Waals surface area contributed by atoms with Crippen LogP contribution in [0.2, 0.25) is 58.9 Å². The Kier molecular flexibility index (Phi) is 8.23. The molecule has 37 heavy (non-hydrogen) atoms. The van der Waals surface area contributed by atoms with Gasteiger partial charge in [0.1, 0.15) is 37.5 Å². The van der Waals surface area contributed by atoms with Crippen LogP contribution in [0.5, 0.6) is 5.75 Å². The molecule has 2 aliphatic rings. The number of rotatable bonds is 9. The van der Waals surface area contributed by atoms with Crippen molar-refractivity contribution in [2.75, 3.05) is 0 Å². The Hall–Kier alpha value is -1.61. The standard InChI is InChI=1S/C25H43N3O5SSi3/c1-25(2)20(24(31)33-37(9,10)11)28-22(30)19(23(28)34-25)26-21(29)18(27-35(3,4)5)16-12-14-17(15-13-16)32-36(6,7)8/h12-15,18-20,23,27H,1-11H3,(H,26,29). The van der Waals surface area contributed by atoms with Gasteiger partial charge in [0.2, 0.25) is 28.4 Å². The van der Waals surface area contributed by atoms with Crippen LogP contribution in [0.1, 0.15) is 25.5 Å². The molecule has 0 aromatic heterocycles. The first-order valence-corrected chi connectivity index (χ1v) is 24.0. The molecule has 0 radical (unpaired) electrons. The van der Waals surface area contributed by atoms with Crippen molar-refractivity contribution in [3.05, 3.63) is 29.8 Å². The Morgan fingerprint density at radius 2 is 1.54 bits per heavy atom. The second-order valence-corrected chi connectivity index (χ2v) is 28.8. The van der Waals surface area contributed by atoms with Crippen LogP contribution in [-0.4, -0.2) is 69.8 Å². The molecule has 3 rings (SSSR count). The summed E-state index contributed by atoms with van der Waals surface area (Å²) in [6.45, 7) is 22.6. The molecule has 12 heteroatoms. The highest BCUT2D eigenvalue weighted by Crippen LogP contribution is 2.51. The Bertz CT molecular complexity index is 1050. The van der Waals surface area contributed by atoms with Crippen LogP contribution in [0, 0.1) is 0 Å².